The molecule has 0 atom stereocenters. The minimum absolute atomic E-state index is 0.0615. The molecule has 0 spiro atoms. The number of halogens is 3. The summed E-state index contributed by atoms with van der Waals surface area (Å²) in [4.78, 5) is 23.3. The van der Waals surface area contributed by atoms with Crippen LogP contribution in [-0.2, 0) is 17.5 Å². The molecule has 1 N–H and O–H groups in total. The number of alkyl halides is 3. The first-order valence-electron chi connectivity index (χ1n) is 10.1. The van der Waals surface area contributed by atoms with Gasteiger partial charge >= 0.3 is 6.18 Å². The number of carbonyl (C=O) groups excluding carboxylic acids is 1. The molecule has 0 saturated heterocycles. The van der Waals surface area contributed by atoms with E-state index in [0.29, 0.717) is 11.4 Å². The van der Waals surface area contributed by atoms with Gasteiger partial charge in [-0.1, -0.05) is 12.1 Å². The highest BCUT2D eigenvalue weighted by Gasteiger charge is 2.38. The zero-order chi connectivity index (χ0) is 23.8. The number of hydrogen-bond donors (Lipinski definition) is 1. The minimum Gasteiger partial charge on any atom is -0.457 e. The maximum atomic E-state index is 13.1. The van der Waals surface area contributed by atoms with Crippen LogP contribution in [0, 0.1) is 17.0 Å². The van der Waals surface area contributed by atoms with Crippen molar-refractivity contribution in [2.24, 2.45) is 0 Å². The van der Waals surface area contributed by atoms with E-state index in [-0.39, 0.29) is 23.0 Å². The normalized spacial score (nSPS) is 13.6. The van der Waals surface area contributed by atoms with Crippen LogP contribution in [0.4, 0.5) is 24.5 Å². The van der Waals surface area contributed by atoms with Crippen LogP contribution in [0.25, 0.3) is 0 Å². The van der Waals surface area contributed by atoms with Gasteiger partial charge < -0.3 is 10.1 Å². The van der Waals surface area contributed by atoms with Crippen molar-refractivity contribution in [2.45, 2.75) is 38.4 Å². The highest BCUT2D eigenvalue weighted by atomic mass is 19.4. The second kappa shape index (κ2) is 8.57. The van der Waals surface area contributed by atoms with E-state index in [1.54, 1.807) is 18.2 Å². The second-order valence-corrected chi connectivity index (χ2v) is 7.82. The van der Waals surface area contributed by atoms with Crippen LogP contribution < -0.4 is 10.1 Å². The number of aryl methyl sites for hydroxylation is 1. The van der Waals surface area contributed by atoms with Gasteiger partial charge in [-0.15, -0.1) is 0 Å². The number of aromatic nitrogens is 2. The minimum atomic E-state index is -4.62. The summed E-state index contributed by atoms with van der Waals surface area (Å²) in [6, 6.07) is 11.8. The number of carbonyl (C=O) groups is 1. The monoisotopic (exact) mass is 460 g/mol. The van der Waals surface area contributed by atoms with Crippen molar-refractivity contribution in [2.75, 3.05) is 5.32 Å². The highest BCUT2D eigenvalue weighted by Crippen LogP contribution is 2.42. The summed E-state index contributed by atoms with van der Waals surface area (Å²) < 4.78 is 45.9. The van der Waals surface area contributed by atoms with Crippen molar-refractivity contribution in [3.05, 3.63) is 75.6 Å². The van der Waals surface area contributed by atoms with E-state index in [4.69, 9.17) is 4.74 Å². The molecule has 0 radical (unpaired) electrons. The Kier molecular flexibility index (Phi) is 5.79. The average molecular weight is 460 g/mol. The van der Waals surface area contributed by atoms with Gasteiger partial charge in [0, 0.05) is 23.7 Å². The molecule has 4 rings (SSSR count). The number of nitrogens with zero attached hydrogens (tertiary/aromatic N) is 3. The molecule has 1 amide bonds. The largest absolute Gasteiger partial charge is 0.457 e. The lowest BCUT2D eigenvalue weighted by Crippen LogP contribution is -2.21. The summed E-state index contributed by atoms with van der Waals surface area (Å²) in [7, 11) is 0. The van der Waals surface area contributed by atoms with Gasteiger partial charge in [0.25, 0.3) is 5.69 Å². The molecule has 1 saturated carbocycles. The van der Waals surface area contributed by atoms with E-state index in [1.807, 2.05) is 13.0 Å². The molecule has 2 aromatic carbocycles. The number of non-ortho nitro benzene ring substituents is 1. The topological polar surface area (TPSA) is 99.3 Å². The van der Waals surface area contributed by atoms with Crippen LogP contribution in [0.5, 0.6) is 11.5 Å². The Bertz CT molecular complexity index is 1220. The van der Waals surface area contributed by atoms with Crippen molar-refractivity contribution >= 4 is 17.3 Å². The number of hydrogen-bond acceptors (Lipinski definition) is 5. The summed E-state index contributed by atoms with van der Waals surface area (Å²) in [6.07, 6.45) is -3.16. The van der Waals surface area contributed by atoms with E-state index in [0.717, 1.165) is 35.2 Å². The first kappa shape index (κ1) is 22.3. The molecule has 1 heterocycles. The summed E-state index contributed by atoms with van der Waals surface area (Å²) in [5, 5.41) is 17.4. The van der Waals surface area contributed by atoms with Crippen molar-refractivity contribution in [3.63, 3.8) is 0 Å². The zero-order valence-electron chi connectivity index (χ0n) is 17.4. The number of nitro groups is 1. The van der Waals surface area contributed by atoms with E-state index in [2.05, 4.69) is 10.4 Å². The first-order valence-corrected chi connectivity index (χ1v) is 10.1. The molecule has 0 bridgehead atoms. The summed E-state index contributed by atoms with van der Waals surface area (Å²) in [5.74, 6) is -0.149. The van der Waals surface area contributed by atoms with Gasteiger partial charge in [0.2, 0.25) is 5.91 Å². The Balaban J connectivity index is 1.55. The van der Waals surface area contributed by atoms with Crippen molar-refractivity contribution in [3.8, 4) is 11.5 Å². The van der Waals surface area contributed by atoms with Gasteiger partial charge in [-0.2, -0.15) is 18.3 Å². The maximum Gasteiger partial charge on any atom is 0.435 e. The van der Waals surface area contributed by atoms with Gasteiger partial charge in [-0.25, -0.2) is 0 Å². The third-order valence-electron chi connectivity index (χ3n) is 5.00. The molecule has 1 aliphatic rings. The van der Waals surface area contributed by atoms with Crippen LogP contribution >= 0.6 is 0 Å². The fourth-order valence-corrected chi connectivity index (χ4v) is 3.38. The quantitative estimate of drug-likeness (QED) is 0.375. The maximum absolute atomic E-state index is 13.1. The average Bonchev–Trinajstić information content (AvgIpc) is 3.47. The van der Waals surface area contributed by atoms with Gasteiger partial charge in [0.1, 0.15) is 18.0 Å². The Morgan fingerprint density at radius 3 is 2.61 bits per heavy atom. The Hall–Kier alpha value is -3.89. The molecular formula is C22H19F3N4O4. The van der Waals surface area contributed by atoms with E-state index in [1.165, 1.54) is 12.1 Å². The van der Waals surface area contributed by atoms with Gasteiger partial charge in [0.05, 0.1) is 16.7 Å². The number of rotatable bonds is 7. The molecule has 172 valence electrons. The SMILES string of the molecule is Cc1cccc(Oc2cc(NC(=O)Cn3nc(C(F)(F)F)cc3C3CC3)cc([N+](=O)[O-])c2)c1. The molecule has 11 heteroatoms. The van der Waals surface area contributed by atoms with Crippen LogP contribution in [0.1, 0.15) is 35.7 Å². The Morgan fingerprint density at radius 1 is 1.21 bits per heavy atom. The highest BCUT2D eigenvalue weighted by molar-refractivity contribution is 5.91. The van der Waals surface area contributed by atoms with Gasteiger partial charge in [-0.05, 0) is 43.5 Å². The fraction of sp³-hybridized carbons (Fsp3) is 0.273. The Labute approximate surface area is 186 Å². The van der Waals surface area contributed by atoms with E-state index in [9.17, 15) is 28.1 Å². The lowest BCUT2D eigenvalue weighted by Gasteiger charge is -2.11. The number of nitro benzene ring substituents is 1. The number of benzene rings is 2. The molecule has 0 unspecified atom stereocenters. The summed E-state index contributed by atoms with van der Waals surface area (Å²) in [5.41, 5.74) is -0.0163. The number of amides is 1. The molecule has 1 aromatic heterocycles. The van der Waals surface area contributed by atoms with Crippen molar-refractivity contribution < 1.29 is 27.6 Å². The molecule has 3 aromatic rings. The summed E-state index contributed by atoms with van der Waals surface area (Å²) >= 11 is 0. The van der Waals surface area contributed by atoms with Crippen LogP contribution in [0.15, 0.2) is 48.5 Å². The van der Waals surface area contributed by atoms with Crippen LogP contribution in [-0.4, -0.2) is 20.6 Å². The molecule has 0 aliphatic heterocycles. The second-order valence-electron chi connectivity index (χ2n) is 7.82. The first-order chi connectivity index (χ1) is 15.6. The van der Waals surface area contributed by atoms with Crippen molar-refractivity contribution in [1.29, 1.82) is 0 Å². The van der Waals surface area contributed by atoms with Gasteiger partial charge in [0.15, 0.2) is 5.69 Å². The predicted octanol–water partition coefficient (Wildman–Crippen LogP) is 5.43. The standard InChI is InChI=1S/C22H19F3N4O4/c1-13-3-2-4-17(7-13)33-18-9-15(8-16(10-18)29(31)32)26-21(30)12-28-19(14-5-6-14)11-20(27-28)22(23,24)25/h2-4,7-11,14H,5-6,12H2,1H3,(H,26,30). The smallest absolute Gasteiger partial charge is 0.435 e. The van der Waals surface area contributed by atoms with Crippen LogP contribution in [0.3, 0.4) is 0 Å². The lowest BCUT2D eigenvalue weighted by molar-refractivity contribution is -0.384. The predicted molar refractivity (Wildman–Crippen MR) is 112 cm³/mol. The molecule has 33 heavy (non-hydrogen) atoms. The Morgan fingerprint density at radius 2 is 1.97 bits per heavy atom. The van der Waals surface area contributed by atoms with E-state index >= 15 is 0 Å². The number of anilines is 1. The van der Waals surface area contributed by atoms with E-state index < -0.39 is 29.2 Å². The number of nitrogens with one attached hydrogen (secondary N) is 1. The molecule has 1 aliphatic carbocycles. The zero-order valence-corrected chi connectivity index (χ0v) is 17.4. The van der Waals surface area contributed by atoms with Crippen molar-refractivity contribution in [1.82, 2.24) is 9.78 Å². The summed E-state index contributed by atoms with van der Waals surface area (Å²) in [6.45, 7) is 1.40. The third kappa shape index (κ3) is 5.48. The third-order valence-corrected chi connectivity index (χ3v) is 5.00. The van der Waals surface area contributed by atoms with Gasteiger partial charge in [-0.3, -0.25) is 19.6 Å². The van der Waals surface area contributed by atoms with Crippen LogP contribution in [0.2, 0.25) is 0 Å². The molecule has 1 fully saturated rings. The molecule has 8 nitrogen and oxygen atoms in total. The fourth-order valence-electron chi connectivity index (χ4n) is 3.38. The number of ether oxygens (including phenoxy) is 1. The lowest BCUT2D eigenvalue weighted by atomic mass is 10.2. The molecular weight excluding hydrogens is 441 g/mol.